The van der Waals surface area contributed by atoms with E-state index in [0.29, 0.717) is 0 Å². The molecule has 0 fully saturated rings. The van der Waals surface area contributed by atoms with E-state index in [-0.39, 0.29) is 0 Å². The quantitative estimate of drug-likeness (QED) is 0.204. The molecule has 0 aliphatic carbocycles. The van der Waals surface area contributed by atoms with Crippen molar-refractivity contribution in [1.29, 1.82) is 0 Å². The molecule has 0 saturated carbocycles. The van der Waals surface area contributed by atoms with Crippen molar-refractivity contribution in [1.82, 2.24) is 9.55 Å². The summed E-state index contributed by atoms with van der Waals surface area (Å²) in [5.74, 6) is 0.933. The van der Waals surface area contributed by atoms with Gasteiger partial charge in [0.05, 0.1) is 11.0 Å². The van der Waals surface area contributed by atoms with E-state index < -0.39 is 0 Å². The minimum absolute atomic E-state index is 0.933. The minimum atomic E-state index is 0.933. The van der Waals surface area contributed by atoms with Gasteiger partial charge in [-0.1, -0.05) is 152 Å². The lowest BCUT2D eigenvalue weighted by Crippen LogP contribution is -1.97. The molecule has 8 rings (SSSR count). The van der Waals surface area contributed by atoms with Crippen LogP contribution in [0.5, 0.6) is 0 Å². The van der Waals surface area contributed by atoms with Gasteiger partial charge in [-0.05, 0) is 74.1 Å². The molecule has 0 saturated heterocycles. The number of hydrogen-bond donors (Lipinski definition) is 0. The van der Waals surface area contributed by atoms with E-state index >= 15 is 0 Å². The van der Waals surface area contributed by atoms with Crippen molar-refractivity contribution >= 4 is 32.6 Å². The Morgan fingerprint density at radius 1 is 0.378 bits per heavy atom. The van der Waals surface area contributed by atoms with E-state index in [9.17, 15) is 0 Å². The highest BCUT2D eigenvalue weighted by atomic mass is 15.1. The van der Waals surface area contributed by atoms with Gasteiger partial charge in [-0.15, -0.1) is 0 Å². The molecule has 0 N–H and O–H groups in total. The standard InChI is InChI=1S/C43H30N2/c1-2-17-38(18-3-1)45-42-21-11-10-20-41(42)44-43(45)35-25-22-33(23-26-35)31-12-4-6-14-34-15-8-9-19-39(34)40(29-28-31)37-27-24-32-13-5-7-16-36(32)30-37/h1-30H. The molecular formula is C43H30N2. The van der Waals surface area contributed by atoms with Crippen molar-refractivity contribution in [3.63, 3.8) is 0 Å². The van der Waals surface area contributed by atoms with Crippen LogP contribution in [0.4, 0.5) is 0 Å². The summed E-state index contributed by atoms with van der Waals surface area (Å²) in [5, 5.41) is 4.89. The van der Waals surface area contributed by atoms with E-state index in [1.54, 1.807) is 0 Å². The van der Waals surface area contributed by atoms with Crippen molar-refractivity contribution in [3.05, 3.63) is 182 Å². The Kier molecular flexibility index (Phi) is 6.86. The highest BCUT2D eigenvalue weighted by Gasteiger charge is 2.14. The number of aromatic nitrogens is 2. The number of fused-ring (bicyclic) bond motifs is 3. The third-order valence-electron chi connectivity index (χ3n) is 8.46. The molecule has 45 heavy (non-hydrogen) atoms. The number of hydrogen-bond acceptors (Lipinski definition) is 1. The molecular weight excluding hydrogens is 544 g/mol. The summed E-state index contributed by atoms with van der Waals surface area (Å²) in [4.78, 5) is 5.05. The molecule has 0 bridgehead atoms. The Morgan fingerprint density at radius 3 is 1.78 bits per heavy atom. The van der Waals surface area contributed by atoms with Crippen LogP contribution < -0.4 is 0 Å². The summed E-state index contributed by atoms with van der Waals surface area (Å²) in [6, 6.07) is 64.6. The van der Waals surface area contributed by atoms with Crippen LogP contribution in [0.3, 0.4) is 0 Å². The fourth-order valence-corrected chi connectivity index (χ4v) is 6.20. The predicted molar refractivity (Wildman–Crippen MR) is 190 cm³/mol. The van der Waals surface area contributed by atoms with Crippen LogP contribution in [0.1, 0.15) is 0 Å². The third kappa shape index (κ3) is 5.13. The monoisotopic (exact) mass is 574 g/mol. The van der Waals surface area contributed by atoms with E-state index in [1.165, 1.54) is 32.7 Å². The normalized spacial score (nSPS) is 11.1. The van der Waals surface area contributed by atoms with E-state index in [1.807, 2.05) is 12.1 Å². The topological polar surface area (TPSA) is 17.8 Å². The molecule has 0 aliphatic rings. The van der Waals surface area contributed by atoms with E-state index in [2.05, 4.69) is 174 Å². The van der Waals surface area contributed by atoms with Crippen LogP contribution in [0.25, 0.3) is 71.9 Å². The number of benzene rings is 6. The van der Waals surface area contributed by atoms with Crippen LogP contribution in [0, 0.1) is 0 Å². The second-order valence-electron chi connectivity index (χ2n) is 11.2. The number of imidazole rings is 1. The van der Waals surface area contributed by atoms with Gasteiger partial charge in [0.2, 0.25) is 0 Å². The summed E-state index contributed by atoms with van der Waals surface area (Å²) in [5.41, 5.74) is 8.93. The Labute approximate surface area is 262 Å². The van der Waals surface area contributed by atoms with Crippen molar-refractivity contribution in [2.45, 2.75) is 0 Å². The summed E-state index contributed by atoms with van der Waals surface area (Å²) >= 11 is 0. The first-order valence-electron chi connectivity index (χ1n) is 15.3. The highest BCUT2D eigenvalue weighted by Crippen LogP contribution is 2.32. The van der Waals surface area contributed by atoms with Crippen LogP contribution in [0.2, 0.25) is 0 Å². The average molecular weight is 575 g/mol. The van der Waals surface area contributed by atoms with Crippen molar-refractivity contribution < 1.29 is 0 Å². The van der Waals surface area contributed by atoms with Gasteiger partial charge < -0.3 is 0 Å². The Morgan fingerprint density at radius 2 is 0.956 bits per heavy atom. The molecule has 0 unspecified atom stereocenters. The largest absolute Gasteiger partial charge is 0.292 e. The lowest BCUT2D eigenvalue weighted by atomic mass is 9.97. The molecule has 0 radical (unpaired) electrons. The summed E-state index contributed by atoms with van der Waals surface area (Å²) in [7, 11) is 0. The maximum absolute atomic E-state index is 5.05. The van der Waals surface area contributed by atoms with Gasteiger partial charge in [0, 0.05) is 11.3 Å². The Bertz CT molecular complexity index is 2370. The zero-order valence-corrected chi connectivity index (χ0v) is 24.7. The molecule has 7 aromatic carbocycles. The third-order valence-corrected chi connectivity index (χ3v) is 8.46. The molecule has 0 amide bonds. The minimum Gasteiger partial charge on any atom is -0.292 e. The Balaban J connectivity index is 1.26. The number of para-hydroxylation sites is 3. The fourth-order valence-electron chi connectivity index (χ4n) is 6.20. The van der Waals surface area contributed by atoms with Crippen molar-refractivity contribution in [3.8, 4) is 39.3 Å². The first-order valence-corrected chi connectivity index (χ1v) is 15.3. The first kappa shape index (κ1) is 26.6. The van der Waals surface area contributed by atoms with E-state index in [4.69, 9.17) is 4.98 Å². The lowest BCUT2D eigenvalue weighted by Gasteiger charge is -2.10. The molecule has 0 atom stereocenters. The average Bonchev–Trinajstić information content (AvgIpc) is 3.50. The van der Waals surface area contributed by atoms with Gasteiger partial charge in [0.25, 0.3) is 0 Å². The van der Waals surface area contributed by atoms with Crippen LogP contribution in [-0.2, 0) is 0 Å². The molecule has 2 heteroatoms. The molecule has 2 nitrogen and oxygen atoms in total. The van der Waals surface area contributed by atoms with Gasteiger partial charge in [-0.3, -0.25) is 4.57 Å². The van der Waals surface area contributed by atoms with Crippen molar-refractivity contribution in [2.75, 3.05) is 0 Å². The summed E-state index contributed by atoms with van der Waals surface area (Å²) < 4.78 is 2.24. The predicted octanol–water partition coefficient (Wildman–Crippen LogP) is 11.5. The Hall–Kier alpha value is -5.99. The fraction of sp³-hybridized carbons (Fsp3) is 0. The summed E-state index contributed by atoms with van der Waals surface area (Å²) in [6.45, 7) is 0. The molecule has 0 spiro atoms. The number of nitrogens with zero attached hydrogens (tertiary/aromatic N) is 2. The molecule has 212 valence electrons. The number of rotatable bonds is 4. The van der Waals surface area contributed by atoms with Gasteiger partial charge in [-0.25, -0.2) is 4.98 Å². The van der Waals surface area contributed by atoms with Crippen LogP contribution >= 0.6 is 0 Å². The molecule has 0 aliphatic heterocycles. The zero-order valence-electron chi connectivity index (χ0n) is 24.7. The van der Waals surface area contributed by atoms with Gasteiger partial charge in [0.1, 0.15) is 5.82 Å². The van der Waals surface area contributed by atoms with Gasteiger partial charge in [0.15, 0.2) is 0 Å². The first-order chi connectivity index (χ1) is 22.3. The van der Waals surface area contributed by atoms with Gasteiger partial charge in [-0.2, -0.15) is 0 Å². The zero-order chi connectivity index (χ0) is 30.0. The van der Waals surface area contributed by atoms with Crippen LogP contribution in [-0.4, -0.2) is 9.55 Å². The summed E-state index contributed by atoms with van der Waals surface area (Å²) in [6.07, 6.45) is 0. The highest BCUT2D eigenvalue weighted by molar-refractivity contribution is 5.98. The molecule has 8 aromatic rings. The SMILES string of the molecule is c1ccc(-n2c(-c3ccc(-c4ccccc5ccccc5c(-c5ccc6ccccc6c5)cc4)cc3)nc3ccccc32)cc1. The maximum Gasteiger partial charge on any atom is 0.145 e. The smallest absolute Gasteiger partial charge is 0.145 e. The molecule has 1 aromatic heterocycles. The second kappa shape index (κ2) is 11.6. The molecule has 1 heterocycles. The second-order valence-corrected chi connectivity index (χ2v) is 11.2. The maximum atomic E-state index is 5.05. The van der Waals surface area contributed by atoms with Gasteiger partial charge >= 0.3 is 0 Å². The van der Waals surface area contributed by atoms with Crippen molar-refractivity contribution in [2.24, 2.45) is 0 Å². The lowest BCUT2D eigenvalue weighted by molar-refractivity contribution is 1.10. The van der Waals surface area contributed by atoms with Crippen LogP contribution in [0.15, 0.2) is 182 Å². The van der Waals surface area contributed by atoms with E-state index in [0.717, 1.165) is 39.2 Å².